The summed E-state index contributed by atoms with van der Waals surface area (Å²) >= 11 is 5.76. The lowest BCUT2D eigenvalue weighted by Crippen LogP contribution is -1.97. The second kappa shape index (κ2) is 5.38. The van der Waals surface area contributed by atoms with E-state index in [0.29, 0.717) is 5.56 Å². The van der Waals surface area contributed by atoms with E-state index in [4.69, 9.17) is 0 Å². The lowest BCUT2D eigenvalue weighted by Gasteiger charge is -1.99. The molecule has 4 heteroatoms. The molecule has 0 aliphatic carbocycles. The number of methoxy groups -OCH3 is 1. The highest BCUT2D eigenvalue weighted by Gasteiger charge is 2.09. The van der Waals surface area contributed by atoms with Crippen LogP contribution in [0.5, 0.6) is 0 Å². The minimum atomic E-state index is -0.292. The SMILES string of the molecule is COC(=O)c1csc(-c2ccc(CS)cc2)c1. The Morgan fingerprint density at radius 1 is 1.35 bits per heavy atom. The number of hydrogen-bond acceptors (Lipinski definition) is 4. The molecule has 0 aliphatic rings. The van der Waals surface area contributed by atoms with E-state index in [0.717, 1.165) is 16.2 Å². The van der Waals surface area contributed by atoms with Gasteiger partial charge in [0.15, 0.2) is 0 Å². The third-order valence-electron chi connectivity index (χ3n) is 2.44. The highest BCUT2D eigenvalue weighted by atomic mass is 32.1. The van der Waals surface area contributed by atoms with Gasteiger partial charge >= 0.3 is 5.97 Å². The Morgan fingerprint density at radius 3 is 2.65 bits per heavy atom. The summed E-state index contributed by atoms with van der Waals surface area (Å²) in [4.78, 5) is 12.4. The molecular weight excluding hydrogens is 252 g/mol. The maximum atomic E-state index is 11.3. The Bertz CT molecular complexity index is 514. The molecule has 0 N–H and O–H groups in total. The van der Waals surface area contributed by atoms with Gasteiger partial charge in [-0.1, -0.05) is 24.3 Å². The quantitative estimate of drug-likeness (QED) is 0.677. The second-order valence-corrected chi connectivity index (χ2v) is 4.77. The van der Waals surface area contributed by atoms with Crippen LogP contribution in [0.25, 0.3) is 10.4 Å². The second-order valence-electron chi connectivity index (χ2n) is 3.55. The van der Waals surface area contributed by atoms with Gasteiger partial charge in [-0.25, -0.2) is 4.79 Å². The molecule has 17 heavy (non-hydrogen) atoms. The largest absolute Gasteiger partial charge is 0.465 e. The average molecular weight is 264 g/mol. The number of ether oxygens (including phenoxy) is 1. The van der Waals surface area contributed by atoms with Gasteiger partial charge in [0, 0.05) is 16.0 Å². The van der Waals surface area contributed by atoms with Crippen LogP contribution in [0.4, 0.5) is 0 Å². The molecular formula is C13H12O2S2. The van der Waals surface area contributed by atoms with E-state index < -0.39 is 0 Å². The summed E-state index contributed by atoms with van der Waals surface area (Å²) < 4.78 is 4.68. The van der Waals surface area contributed by atoms with Crippen LogP contribution in [0.2, 0.25) is 0 Å². The fourth-order valence-electron chi connectivity index (χ4n) is 1.49. The Hall–Kier alpha value is -1.26. The predicted molar refractivity (Wildman–Crippen MR) is 73.8 cm³/mol. The van der Waals surface area contributed by atoms with Crippen molar-refractivity contribution < 1.29 is 9.53 Å². The average Bonchev–Trinajstić information content (AvgIpc) is 2.87. The van der Waals surface area contributed by atoms with Crippen LogP contribution >= 0.6 is 24.0 Å². The van der Waals surface area contributed by atoms with Crippen molar-refractivity contribution in [2.24, 2.45) is 0 Å². The van der Waals surface area contributed by atoms with Crippen molar-refractivity contribution in [2.75, 3.05) is 7.11 Å². The van der Waals surface area contributed by atoms with Crippen LogP contribution < -0.4 is 0 Å². The molecule has 2 nitrogen and oxygen atoms in total. The third-order valence-corrected chi connectivity index (χ3v) is 3.79. The first-order valence-corrected chi connectivity index (χ1v) is 6.63. The van der Waals surface area contributed by atoms with Crippen LogP contribution in [0.1, 0.15) is 15.9 Å². The van der Waals surface area contributed by atoms with E-state index in [2.05, 4.69) is 17.4 Å². The van der Waals surface area contributed by atoms with Crippen LogP contribution in [-0.2, 0) is 10.5 Å². The normalized spacial score (nSPS) is 10.2. The maximum Gasteiger partial charge on any atom is 0.338 e. The molecule has 1 heterocycles. The number of carbonyl (C=O) groups excluding carboxylic acids is 1. The summed E-state index contributed by atoms with van der Waals surface area (Å²) in [5.41, 5.74) is 2.89. The van der Waals surface area contributed by atoms with Crippen molar-refractivity contribution in [3.8, 4) is 10.4 Å². The Balaban J connectivity index is 2.27. The number of rotatable bonds is 3. The van der Waals surface area contributed by atoms with Crippen molar-refractivity contribution in [3.63, 3.8) is 0 Å². The highest BCUT2D eigenvalue weighted by Crippen LogP contribution is 2.27. The molecule has 0 radical (unpaired) electrons. The van der Waals surface area contributed by atoms with E-state index in [1.807, 2.05) is 35.7 Å². The summed E-state index contributed by atoms with van der Waals surface area (Å²) in [7, 11) is 1.39. The molecule has 2 aromatic rings. The molecule has 0 bridgehead atoms. The Labute approximate surface area is 110 Å². The van der Waals surface area contributed by atoms with Crippen LogP contribution in [0.15, 0.2) is 35.7 Å². The van der Waals surface area contributed by atoms with Crippen molar-refractivity contribution in [1.82, 2.24) is 0 Å². The first-order valence-electron chi connectivity index (χ1n) is 5.11. The lowest BCUT2D eigenvalue weighted by atomic mass is 10.1. The molecule has 0 aliphatic heterocycles. The monoisotopic (exact) mass is 264 g/mol. The maximum absolute atomic E-state index is 11.3. The molecule has 0 atom stereocenters. The van der Waals surface area contributed by atoms with Crippen molar-refractivity contribution in [2.45, 2.75) is 5.75 Å². The summed E-state index contributed by atoms with van der Waals surface area (Å²) in [6.07, 6.45) is 0. The van der Waals surface area contributed by atoms with E-state index in [9.17, 15) is 4.79 Å². The molecule has 0 spiro atoms. The number of hydrogen-bond donors (Lipinski definition) is 1. The molecule has 0 saturated heterocycles. The van der Waals surface area contributed by atoms with E-state index in [1.54, 1.807) is 0 Å². The van der Waals surface area contributed by atoms with E-state index in [-0.39, 0.29) is 5.97 Å². The molecule has 1 aromatic carbocycles. The standard InChI is InChI=1S/C13H12O2S2/c1-15-13(14)11-6-12(17-8-11)10-4-2-9(7-16)3-5-10/h2-6,8,16H,7H2,1H3. The van der Waals surface area contributed by atoms with Gasteiger partial charge in [-0.2, -0.15) is 12.6 Å². The van der Waals surface area contributed by atoms with E-state index >= 15 is 0 Å². The van der Waals surface area contributed by atoms with E-state index in [1.165, 1.54) is 24.0 Å². The van der Waals surface area contributed by atoms with Gasteiger partial charge in [-0.15, -0.1) is 11.3 Å². The smallest absolute Gasteiger partial charge is 0.338 e. The van der Waals surface area contributed by atoms with Gasteiger partial charge in [0.1, 0.15) is 0 Å². The zero-order chi connectivity index (χ0) is 12.3. The molecule has 1 aromatic heterocycles. The Kier molecular flexibility index (Phi) is 3.86. The fraction of sp³-hybridized carbons (Fsp3) is 0.154. The summed E-state index contributed by atoms with van der Waals surface area (Å²) in [6.45, 7) is 0. The highest BCUT2D eigenvalue weighted by molar-refractivity contribution is 7.79. The molecule has 88 valence electrons. The van der Waals surface area contributed by atoms with Gasteiger partial charge in [-0.3, -0.25) is 0 Å². The molecule has 0 amide bonds. The Morgan fingerprint density at radius 2 is 2.06 bits per heavy atom. The van der Waals surface area contributed by atoms with Gasteiger partial charge in [0.25, 0.3) is 0 Å². The first kappa shape index (κ1) is 12.2. The zero-order valence-corrected chi connectivity index (χ0v) is 11.1. The van der Waals surface area contributed by atoms with Crippen LogP contribution in [-0.4, -0.2) is 13.1 Å². The third kappa shape index (κ3) is 2.70. The fourth-order valence-corrected chi connectivity index (χ4v) is 2.58. The number of carbonyl (C=O) groups is 1. The first-order chi connectivity index (χ1) is 8.24. The van der Waals surface area contributed by atoms with Crippen LogP contribution in [0, 0.1) is 0 Å². The minimum Gasteiger partial charge on any atom is -0.465 e. The molecule has 0 saturated carbocycles. The topological polar surface area (TPSA) is 26.3 Å². The van der Waals surface area contributed by atoms with Gasteiger partial charge < -0.3 is 4.74 Å². The van der Waals surface area contributed by atoms with Gasteiger partial charge in [0.05, 0.1) is 12.7 Å². The predicted octanol–water partition coefficient (Wildman–Crippen LogP) is 3.63. The molecule has 0 unspecified atom stereocenters. The molecule has 0 fully saturated rings. The summed E-state index contributed by atoms with van der Waals surface area (Å²) in [6, 6.07) is 10.0. The van der Waals surface area contributed by atoms with Gasteiger partial charge in [-0.05, 0) is 17.2 Å². The lowest BCUT2D eigenvalue weighted by molar-refractivity contribution is 0.0601. The van der Waals surface area contributed by atoms with Gasteiger partial charge in [0.2, 0.25) is 0 Å². The molecule has 2 rings (SSSR count). The minimum absolute atomic E-state index is 0.292. The number of esters is 1. The van der Waals surface area contributed by atoms with Crippen molar-refractivity contribution >= 4 is 29.9 Å². The number of benzene rings is 1. The number of thiol groups is 1. The van der Waals surface area contributed by atoms with Crippen molar-refractivity contribution in [3.05, 3.63) is 46.8 Å². The zero-order valence-electron chi connectivity index (χ0n) is 9.34. The number of thiophene rings is 1. The van der Waals surface area contributed by atoms with Crippen molar-refractivity contribution in [1.29, 1.82) is 0 Å². The van der Waals surface area contributed by atoms with Crippen LogP contribution in [0.3, 0.4) is 0 Å². The summed E-state index contributed by atoms with van der Waals surface area (Å²) in [5, 5.41) is 1.81. The summed E-state index contributed by atoms with van der Waals surface area (Å²) in [5.74, 6) is 0.442.